The summed E-state index contributed by atoms with van der Waals surface area (Å²) in [6, 6.07) is 0. The molecule has 0 bridgehead atoms. The molecular formula is C12H17N5O. The molecule has 1 fully saturated rings. The van der Waals surface area contributed by atoms with E-state index in [9.17, 15) is 5.11 Å². The van der Waals surface area contributed by atoms with Crippen molar-refractivity contribution in [1.82, 2.24) is 19.5 Å². The van der Waals surface area contributed by atoms with Crippen LogP contribution in [-0.2, 0) is 6.54 Å². The molecule has 0 radical (unpaired) electrons. The van der Waals surface area contributed by atoms with E-state index in [1.165, 1.54) is 6.42 Å². The van der Waals surface area contributed by atoms with Crippen molar-refractivity contribution in [2.24, 2.45) is 11.8 Å². The molecule has 6 nitrogen and oxygen atoms in total. The number of hydrogen-bond acceptors (Lipinski definition) is 5. The SMILES string of the molecule is Nc1ncc2ncn(C[C@H]3CCC[C@H]3CO)c2n1. The van der Waals surface area contributed by atoms with Crippen LogP contribution in [0.5, 0.6) is 0 Å². The van der Waals surface area contributed by atoms with Crippen molar-refractivity contribution in [2.45, 2.75) is 25.8 Å². The Morgan fingerprint density at radius 1 is 1.33 bits per heavy atom. The van der Waals surface area contributed by atoms with Crippen molar-refractivity contribution in [3.05, 3.63) is 12.5 Å². The highest BCUT2D eigenvalue weighted by Gasteiger charge is 2.27. The predicted molar refractivity (Wildman–Crippen MR) is 67.7 cm³/mol. The van der Waals surface area contributed by atoms with Crippen molar-refractivity contribution in [3.63, 3.8) is 0 Å². The van der Waals surface area contributed by atoms with Crippen LogP contribution in [0.4, 0.5) is 5.95 Å². The summed E-state index contributed by atoms with van der Waals surface area (Å²) >= 11 is 0. The van der Waals surface area contributed by atoms with E-state index in [4.69, 9.17) is 5.73 Å². The molecule has 18 heavy (non-hydrogen) atoms. The van der Waals surface area contributed by atoms with Crippen molar-refractivity contribution >= 4 is 17.1 Å². The Labute approximate surface area is 105 Å². The first-order valence-corrected chi connectivity index (χ1v) is 6.32. The number of aromatic nitrogens is 4. The minimum atomic E-state index is 0.272. The zero-order valence-electron chi connectivity index (χ0n) is 10.2. The topological polar surface area (TPSA) is 89.8 Å². The van der Waals surface area contributed by atoms with Gasteiger partial charge in [-0.05, 0) is 24.7 Å². The third-order valence-electron chi connectivity index (χ3n) is 3.86. The van der Waals surface area contributed by atoms with E-state index < -0.39 is 0 Å². The number of aliphatic hydroxyl groups is 1. The van der Waals surface area contributed by atoms with Gasteiger partial charge in [0.15, 0.2) is 5.65 Å². The third-order valence-corrected chi connectivity index (χ3v) is 3.86. The normalized spacial score (nSPS) is 23.8. The first-order valence-electron chi connectivity index (χ1n) is 6.32. The molecule has 3 N–H and O–H groups in total. The van der Waals surface area contributed by atoms with Gasteiger partial charge in [0.05, 0.1) is 12.5 Å². The molecule has 0 unspecified atom stereocenters. The fourth-order valence-electron chi connectivity index (χ4n) is 2.85. The Hall–Kier alpha value is -1.69. The summed E-state index contributed by atoms with van der Waals surface area (Å²) in [5.74, 6) is 1.18. The van der Waals surface area contributed by atoms with E-state index >= 15 is 0 Å². The Morgan fingerprint density at radius 3 is 3.00 bits per heavy atom. The number of hydrogen-bond donors (Lipinski definition) is 2. The molecule has 1 saturated carbocycles. The van der Waals surface area contributed by atoms with Gasteiger partial charge in [0, 0.05) is 13.2 Å². The lowest BCUT2D eigenvalue weighted by molar-refractivity contribution is 0.185. The summed E-state index contributed by atoms with van der Waals surface area (Å²) in [5, 5.41) is 9.35. The highest BCUT2D eigenvalue weighted by molar-refractivity contribution is 5.70. The number of nitrogen functional groups attached to an aromatic ring is 1. The standard InChI is InChI=1S/C12H17N5O/c13-12-14-4-10-11(16-12)17(7-15-10)5-8-2-1-3-9(8)6-18/h4,7-9,18H,1-3,5-6H2,(H2,13,14,16)/t8-,9+/m1/s1. The molecule has 2 heterocycles. The maximum atomic E-state index is 9.35. The molecule has 0 amide bonds. The molecule has 2 atom stereocenters. The number of aliphatic hydroxyl groups excluding tert-OH is 1. The fraction of sp³-hybridized carbons (Fsp3) is 0.583. The van der Waals surface area contributed by atoms with Gasteiger partial charge in [0.25, 0.3) is 0 Å². The van der Waals surface area contributed by atoms with Crippen LogP contribution >= 0.6 is 0 Å². The molecule has 0 aromatic carbocycles. The predicted octanol–water partition coefficient (Wildman–Crippen LogP) is 0.817. The summed E-state index contributed by atoms with van der Waals surface area (Å²) in [4.78, 5) is 12.4. The molecule has 2 aromatic heterocycles. The van der Waals surface area contributed by atoms with Crippen LogP contribution in [0.1, 0.15) is 19.3 Å². The van der Waals surface area contributed by atoms with E-state index in [-0.39, 0.29) is 12.6 Å². The lowest BCUT2D eigenvalue weighted by atomic mass is 9.97. The highest BCUT2D eigenvalue weighted by atomic mass is 16.3. The number of anilines is 1. The lowest BCUT2D eigenvalue weighted by Gasteiger charge is -2.17. The molecule has 2 aromatic rings. The highest BCUT2D eigenvalue weighted by Crippen LogP contribution is 2.33. The second-order valence-corrected chi connectivity index (χ2v) is 4.97. The molecule has 0 spiro atoms. The van der Waals surface area contributed by atoms with Crippen molar-refractivity contribution in [1.29, 1.82) is 0 Å². The summed E-state index contributed by atoms with van der Waals surface area (Å²) in [5.41, 5.74) is 7.16. The quantitative estimate of drug-likeness (QED) is 0.838. The van der Waals surface area contributed by atoms with Crippen LogP contribution in [0.15, 0.2) is 12.5 Å². The number of nitrogens with zero attached hydrogens (tertiary/aromatic N) is 4. The van der Waals surface area contributed by atoms with E-state index in [0.29, 0.717) is 11.8 Å². The smallest absolute Gasteiger partial charge is 0.222 e. The first kappa shape index (κ1) is 11.4. The number of rotatable bonds is 3. The number of nitrogens with two attached hydrogens (primary N) is 1. The van der Waals surface area contributed by atoms with Gasteiger partial charge in [0.1, 0.15) is 5.52 Å². The van der Waals surface area contributed by atoms with Crippen LogP contribution in [0.3, 0.4) is 0 Å². The Bertz CT molecular complexity index is 552. The average Bonchev–Trinajstić information content (AvgIpc) is 2.97. The van der Waals surface area contributed by atoms with Gasteiger partial charge in [-0.2, -0.15) is 4.98 Å². The van der Waals surface area contributed by atoms with Gasteiger partial charge in [-0.15, -0.1) is 0 Å². The van der Waals surface area contributed by atoms with Gasteiger partial charge in [-0.25, -0.2) is 9.97 Å². The first-order chi connectivity index (χ1) is 8.78. The molecular weight excluding hydrogens is 230 g/mol. The van der Waals surface area contributed by atoms with E-state index in [1.807, 2.05) is 4.57 Å². The lowest BCUT2D eigenvalue weighted by Crippen LogP contribution is -2.18. The average molecular weight is 247 g/mol. The van der Waals surface area contributed by atoms with Crippen LogP contribution < -0.4 is 5.73 Å². The summed E-state index contributed by atoms with van der Waals surface area (Å²) in [6.45, 7) is 1.12. The van der Waals surface area contributed by atoms with Crippen LogP contribution in [0.2, 0.25) is 0 Å². The summed E-state index contributed by atoms with van der Waals surface area (Å²) in [7, 11) is 0. The molecule has 6 heteroatoms. The monoisotopic (exact) mass is 247 g/mol. The zero-order chi connectivity index (χ0) is 12.5. The maximum Gasteiger partial charge on any atom is 0.222 e. The second kappa shape index (κ2) is 4.53. The second-order valence-electron chi connectivity index (χ2n) is 4.97. The van der Waals surface area contributed by atoms with Gasteiger partial charge in [0.2, 0.25) is 5.95 Å². The van der Waals surface area contributed by atoms with E-state index in [0.717, 1.165) is 30.6 Å². The largest absolute Gasteiger partial charge is 0.396 e. The Balaban J connectivity index is 1.88. The molecule has 1 aliphatic rings. The Kier molecular flexibility index (Phi) is 2.87. The van der Waals surface area contributed by atoms with Crippen molar-refractivity contribution < 1.29 is 5.11 Å². The van der Waals surface area contributed by atoms with E-state index in [2.05, 4.69) is 15.0 Å². The molecule has 96 valence electrons. The van der Waals surface area contributed by atoms with Crippen molar-refractivity contribution in [2.75, 3.05) is 12.3 Å². The maximum absolute atomic E-state index is 9.35. The minimum Gasteiger partial charge on any atom is -0.396 e. The van der Waals surface area contributed by atoms with Crippen LogP contribution in [0, 0.1) is 11.8 Å². The van der Waals surface area contributed by atoms with Gasteiger partial charge < -0.3 is 15.4 Å². The van der Waals surface area contributed by atoms with Crippen LogP contribution in [-0.4, -0.2) is 31.2 Å². The fourth-order valence-corrected chi connectivity index (χ4v) is 2.85. The molecule has 0 saturated heterocycles. The van der Waals surface area contributed by atoms with Gasteiger partial charge >= 0.3 is 0 Å². The minimum absolute atomic E-state index is 0.272. The van der Waals surface area contributed by atoms with Gasteiger partial charge in [-0.1, -0.05) is 6.42 Å². The summed E-state index contributed by atoms with van der Waals surface area (Å²) < 4.78 is 2.02. The number of imidazole rings is 1. The molecule has 1 aliphatic carbocycles. The zero-order valence-corrected chi connectivity index (χ0v) is 10.2. The molecule has 0 aliphatic heterocycles. The third kappa shape index (κ3) is 1.92. The molecule has 3 rings (SSSR count). The van der Waals surface area contributed by atoms with Crippen molar-refractivity contribution in [3.8, 4) is 0 Å². The number of fused-ring (bicyclic) bond motifs is 1. The summed E-state index contributed by atoms with van der Waals surface area (Å²) in [6.07, 6.45) is 6.90. The van der Waals surface area contributed by atoms with Gasteiger partial charge in [-0.3, -0.25) is 0 Å². The van der Waals surface area contributed by atoms with Crippen LogP contribution in [0.25, 0.3) is 11.2 Å². The Morgan fingerprint density at radius 2 is 2.17 bits per heavy atom. The van der Waals surface area contributed by atoms with E-state index in [1.54, 1.807) is 12.5 Å².